The third kappa shape index (κ3) is 3.84. The van der Waals surface area contributed by atoms with E-state index < -0.39 is 0 Å². The maximum absolute atomic E-state index is 5.40. The summed E-state index contributed by atoms with van der Waals surface area (Å²) in [5.74, 6) is 0. The monoisotopic (exact) mass is 293 g/mol. The first-order chi connectivity index (χ1) is 9.74. The Kier molecular flexibility index (Phi) is 5.61. The minimum absolute atomic E-state index is 0.786. The van der Waals surface area contributed by atoms with E-state index in [1.54, 1.807) is 0 Å². The zero-order valence-corrected chi connectivity index (χ0v) is 13.1. The first kappa shape index (κ1) is 15.1. The van der Waals surface area contributed by atoms with Crippen LogP contribution in [0.25, 0.3) is 0 Å². The van der Waals surface area contributed by atoms with Gasteiger partial charge < -0.3 is 19.9 Å². The van der Waals surface area contributed by atoms with Crippen molar-refractivity contribution in [3.8, 4) is 0 Å². The number of rotatable bonds is 4. The number of thiocarbonyl (C=S) groups is 1. The van der Waals surface area contributed by atoms with Gasteiger partial charge in [-0.25, -0.2) is 0 Å². The molecule has 20 heavy (non-hydrogen) atoms. The molecule has 1 N–H and O–H groups in total. The number of benzene rings is 1. The highest BCUT2D eigenvalue weighted by atomic mass is 32.1. The zero-order chi connectivity index (χ0) is 14.4. The molecule has 0 spiro atoms. The largest absolute Gasteiger partial charge is 0.378 e. The van der Waals surface area contributed by atoms with Crippen molar-refractivity contribution >= 4 is 28.7 Å². The molecule has 0 atom stereocenters. The zero-order valence-electron chi connectivity index (χ0n) is 12.3. The summed E-state index contributed by atoms with van der Waals surface area (Å²) < 4.78 is 5.37. The normalized spacial score (nSPS) is 15.0. The Morgan fingerprint density at radius 1 is 1.20 bits per heavy atom. The van der Waals surface area contributed by atoms with Crippen molar-refractivity contribution in [3.05, 3.63) is 24.3 Å². The molecule has 0 bridgehead atoms. The maximum atomic E-state index is 5.40. The standard InChI is InChI=1S/C15H23N3OS/c1-3-17(4-2)15(20)16-13-5-7-14(8-6-13)18-9-11-19-12-10-18/h5-8H,3-4,9-12H2,1-2H3,(H,16,20). The highest BCUT2D eigenvalue weighted by molar-refractivity contribution is 7.80. The quantitative estimate of drug-likeness (QED) is 0.861. The Labute approximate surface area is 126 Å². The van der Waals surface area contributed by atoms with E-state index in [1.165, 1.54) is 5.69 Å². The molecule has 2 rings (SSSR count). The van der Waals surface area contributed by atoms with Gasteiger partial charge in [0.25, 0.3) is 0 Å². The van der Waals surface area contributed by atoms with Crippen LogP contribution in [0.3, 0.4) is 0 Å². The lowest BCUT2D eigenvalue weighted by Crippen LogP contribution is -2.36. The predicted molar refractivity (Wildman–Crippen MR) is 88.6 cm³/mol. The molecule has 0 aliphatic carbocycles. The Balaban J connectivity index is 1.95. The lowest BCUT2D eigenvalue weighted by atomic mass is 10.2. The van der Waals surface area contributed by atoms with Gasteiger partial charge in [-0.2, -0.15) is 0 Å². The molecule has 1 aromatic rings. The number of nitrogens with one attached hydrogen (secondary N) is 1. The molecule has 1 fully saturated rings. The first-order valence-electron chi connectivity index (χ1n) is 7.23. The topological polar surface area (TPSA) is 27.7 Å². The number of anilines is 2. The van der Waals surface area contributed by atoms with Gasteiger partial charge in [0.1, 0.15) is 0 Å². The lowest BCUT2D eigenvalue weighted by molar-refractivity contribution is 0.122. The van der Waals surface area contributed by atoms with Gasteiger partial charge in [0.2, 0.25) is 0 Å². The molecular formula is C15H23N3OS. The van der Waals surface area contributed by atoms with Crippen LogP contribution in [0.1, 0.15) is 13.8 Å². The Morgan fingerprint density at radius 3 is 2.35 bits per heavy atom. The summed E-state index contributed by atoms with van der Waals surface area (Å²) in [4.78, 5) is 4.47. The SMILES string of the molecule is CCN(CC)C(=S)Nc1ccc(N2CCOCC2)cc1. The van der Waals surface area contributed by atoms with Crippen LogP contribution in [0.15, 0.2) is 24.3 Å². The first-order valence-corrected chi connectivity index (χ1v) is 7.64. The molecule has 0 unspecified atom stereocenters. The highest BCUT2D eigenvalue weighted by Gasteiger charge is 2.11. The van der Waals surface area contributed by atoms with E-state index >= 15 is 0 Å². The van der Waals surface area contributed by atoms with Gasteiger partial charge in [-0.15, -0.1) is 0 Å². The molecule has 0 amide bonds. The fraction of sp³-hybridized carbons (Fsp3) is 0.533. The molecule has 1 aromatic carbocycles. The molecule has 1 aliphatic heterocycles. The van der Waals surface area contributed by atoms with E-state index in [0.29, 0.717) is 0 Å². The molecule has 4 nitrogen and oxygen atoms in total. The summed E-state index contributed by atoms with van der Waals surface area (Å²) in [5.41, 5.74) is 2.28. The molecular weight excluding hydrogens is 270 g/mol. The van der Waals surface area contributed by atoms with Crippen LogP contribution < -0.4 is 10.2 Å². The molecule has 1 saturated heterocycles. The summed E-state index contributed by atoms with van der Waals surface area (Å²) in [7, 11) is 0. The highest BCUT2D eigenvalue weighted by Crippen LogP contribution is 2.19. The molecule has 0 saturated carbocycles. The van der Waals surface area contributed by atoms with E-state index in [2.05, 4.69) is 53.2 Å². The van der Waals surface area contributed by atoms with Gasteiger partial charge in [-0.1, -0.05) is 0 Å². The second-order valence-electron chi connectivity index (χ2n) is 4.75. The number of nitrogens with zero attached hydrogens (tertiary/aromatic N) is 2. The van der Waals surface area contributed by atoms with Crippen molar-refractivity contribution in [2.75, 3.05) is 49.6 Å². The van der Waals surface area contributed by atoms with Gasteiger partial charge in [-0.3, -0.25) is 0 Å². The lowest BCUT2D eigenvalue weighted by Gasteiger charge is -2.29. The average molecular weight is 293 g/mol. The van der Waals surface area contributed by atoms with E-state index in [4.69, 9.17) is 17.0 Å². The van der Waals surface area contributed by atoms with Crippen LogP contribution in [0, 0.1) is 0 Å². The maximum Gasteiger partial charge on any atom is 0.173 e. The van der Waals surface area contributed by atoms with Gasteiger partial charge >= 0.3 is 0 Å². The Morgan fingerprint density at radius 2 is 1.80 bits per heavy atom. The van der Waals surface area contributed by atoms with Crippen molar-refractivity contribution in [3.63, 3.8) is 0 Å². The average Bonchev–Trinajstić information content (AvgIpc) is 2.50. The van der Waals surface area contributed by atoms with E-state index in [-0.39, 0.29) is 0 Å². The smallest absolute Gasteiger partial charge is 0.173 e. The molecule has 1 aliphatic rings. The van der Waals surface area contributed by atoms with Crippen LogP contribution >= 0.6 is 12.2 Å². The van der Waals surface area contributed by atoms with Gasteiger partial charge in [0, 0.05) is 37.6 Å². The second-order valence-corrected chi connectivity index (χ2v) is 5.14. The predicted octanol–water partition coefficient (Wildman–Crippen LogP) is 2.56. The third-order valence-electron chi connectivity index (χ3n) is 3.55. The fourth-order valence-corrected chi connectivity index (χ4v) is 2.67. The van der Waals surface area contributed by atoms with Crippen molar-refractivity contribution < 1.29 is 4.74 Å². The van der Waals surface area contributed by atoms with Crippen LogP contribution in [0.5, 0.6) is 0 Å². The molecule has 1 heterocycles. The summed E-state index contributed by atoms with van der Waals surface area (Å²) in [6.45, 7) is 9.62. The molecule has 0 aromatic heterocycles. The summed E-state index contributed by atoms with van der Waals surface area (Å²) in [5, 5.41) is 4.07. The van der Waals surface area contributed by atoms with Gasteiger partial charge in [0.05, 0.1) is 13.2 Å². The van der Waals surface area contributed by atoms with Gasteiger partial charge in [-0.05, 0) is 50.3 Å². The minimum atomic E-state index is 0.786. The van der Waals surface area contributed by atoms with Crippen molar-refractivity contribution in [2.45, 2.75) is 13.8 Å². The van der Waals surface area contributed by atoms with E-state index in [9.17, 15) is 0 Å². The van der Waals surface area contributed by atoms with E-state index in [0.717, 1.165) is 50.2 Å². The summed E-state index contributed by atoms with van der Waals surface area (Å²) in [6.07, 6.45) is 0. The van der Waals surface area contributed by atoms with Gasteiger partial charge in [0.15, 0.2) is 5.11 Å². The third-order valence-corrected chi connectivity index (χ3v) is 3.91. The molecule has 110 valence electrons. The number of hydrogen-bond acceptors (Lipinski definition) is 3. The summed E-state index contributed by atoms with van der Waals surface area (Å²) >= 11 is 5.40. The Bertz CT molecular complexity index is 425. The molecule has 0 radical (unpaired) electrons. The van der Waals surface area contributed by atoms with Crippen molar-refractivity contribution in [1.29, 1.82) is 0 Å². The summed E-state index contributed by atoms with van der Waals surface area (Å²) in [6, 6.07) is 8.44. The number of morpholine rings is 1. The van der Waals surface area contributed by atoms with Crippen molar-refractivity contribution in [2.24, 2.45) is 0 Å². The van der Waals surface area contributed by atoms with E-state index in [1.807, 2.05) is 0 Å². The second kappa shape index (κ2) is 7.45. The Hall–Kier alpha value is -1.33. The minimum Gasteiger partial charge on any atom is -0.378 e. The van der Waals surface area contributed by atoms with Crippen molar-refractivity contribution in [1.82, 2.24) is 4.90 Å². The van der Waals surface area contributed by atoms with Crippen LogP contribution in [0.2, 0.25) is 0 Å². The molecule has 5 heteroatoms. The fourth-order valence-electron chi connectivity index (χ4n) is 2.29. The number of hydrogen-bond donors (Lipinski definition) is 1. The van der Waals surface area contributed by atoms with Crippen LogP contribution in [0.4, 0.5) is 11.4 Å². The van der Waals surface area contributed by atoms with Crippen LogP contribution in [-0.4, -0.2) is 49.4 Å². The van der Waals surface area contributed by atoms with Crippen LogP contribution in [-0.2, 0) is 4.74 Å². The number of ether oxygens (including phenoxy) is 1.